The molecule has 0 bridgehead atoms. The minimum Gasteiger partial charge on any atom is -0.455 e. The van der Waals surface area contributed by atoms with Crippen molar-refractivity contribution in [2.45, 2.75) is 46.6 Å². The summed E-state index contributed by atoms with van der Waals surface area (Å²) in [7, 11) is 0. The molecule has 5 rings (SSSR count). The summed E-state index contributed by atoms with van der Waals surface area (Å²) >= 11 is 3.75. The van der Waals surface area contributed by atoms with Crippen LogP contribution in [0.3, 0.4) is 0 Å². The molecule has 1 aromatic carbocycles. The zero-order valence-electron chi connectivity index (χ0n) is 17.0. The molecule has 0 unspecified atom stereocenters. The first kappa shape index (κ1) is 18.4. The van der Waals surface area contributed by atoms with Gasteiger partial charge >= 0.3 is 0 Å². The zero-order chi connectivity index (χ0) is 20.3. The van der Waals surface area contributed by atoms with E-state index in [1.165, 1.54) is 0 Å². The number of para-hydroxylation sites is 1. The summed E-state index contributed by atoms with van der Waals surface area (Å²) in [5.41, 5.74) is 5.63. The molecule has 6 heteroatoms. The summed E-state index contributed by atoms with van der Waals surface area (Å²) < 4.78 is 11.5. The number of halogens is 1. The van der Waals surface area contributed by atoms with E-state index in [0.717, 1.165) is 67.7 Å². The lowest BCUT2D eigenvalue weighted by molar-refractivity contribution is 0.480. The molecule has 0 amide bonds. The standard InChI is InChI=1S/C23H23BrN4O/c1-5-15(6-2)27-12-11-16-13(3)25-22-19(14(4)26-28(22)23(16)27)21-20(24)17-9-7-8-10-18(17)29-21/h7-12,15H,5-6H2,1-4H3. The van der Waals surface area contributed by atoms with Crippen LogP contribution in [0, 0.1) is 13.8 Å². The van der Waals surface area contributed by atoms with Crippen LogP contribution in [0.2, 0.25) is 0 Å². The smallest absolute Gasteiger partial charge is 0.169 e. The fourth-order valence-corrected chi connectivity index (χ4v) is 4.95. The van der Waals surface area contributed by atoms with E-state index in [4.69, 9.17) is 14.5 Å². The van der Waals surface area contributed by atoms with Gasteiger partial charge in [-0.15, -0.1) is 0 Å². The van der Waals surface area contributed by atoms with Gasteiger partial charge in [-0.2, -0.15) is 9.61 Å². The molecule has 29 heavy (non-hydrogen) atoms. The highest BCUT2D eigenvalue weighted by Gasteiger charge is 2.24. The van der Waals surface area contributed by atoms with Crippen molar-refractivity contribution in [3.63, 3.8) is 0 Å². The molecule has 0 radical (unpaired) electrons. The Labute approximate surface area is 177 Å². The van der Waals surface area contributed by atoms with Gasteiger partial charge in [0.05, 0.1) is 21.4 Å². The molecule has 5 nitrogen and oxygen atoms in total. The monoisotopic (exact) mass is 450 g/mol. The van der Waals surface area contributed by atoms with Gasteiger partial charge in [0.1, 0.15) is 11.2 Å². The van der Waals surface area contributed by atoms with Crippen molar-refractivity contribution in [3.8, 4) is 11.3 Å². The average Bonchev–Trinajstić information content (AvgIpc) is 3.38. The number of nitrogens with zero attached hydrogens (tertiary/aromatic N) is 4. The van der Waals surface area contributed by atoms with Gasteiger partial charge in [-0.25, -0.2) is 4.98 Å². The Kier molecular flexibility index (Phi) is 4.28. The number of hydrogen-bond donors (Lipinski definition) is 0. The first-order valence-corrected chi connectivity index (χ1v) is 10.9. The molecule has 0 saturated carbocycles. The van der Waals surface area contributed by atoms with Gasteiger partial charge in [-0.05, 0) is 60.8 Å². The SMILES string of the molecule is CCC(CC)n1ccc2c(C)nc3c(-c4oc5ccccc5c4Br)c(C)nn3c21. The first-order chi connectivity index (χ1) is 14.0. The molecular weight excluding hydrogens is 428 g/mol. The molecule has 148 valence electrons. The van der Waals surface area contributed by atoms with Crippen LogP contribution in [-0.2, 0) is 0 Å². The molecule has 0 aliphatic rings. The highest BCUT2D eigenvalue weighted by atomic mass is 79.9. The summed E-state index contributed by atoms with van der Waals surface area (Å²) in [6.07, 6.45) is 4.32. The van der Waals surface area contributed by atoms with Crippen molar-refractivity contribution in [1.82, 2.24) is 19.2 Å². The lowest BCUT2D eigenvalue weighted by atomic mass is 10.1. The van der Waals surface area contributed by atoms with Gasteiger partial charge < -0.3 is 8.98 Å². The van der Waals surface area contributed by atoms with E-state index in [0.29, 0.717) is 6.04 Å². The Morgan fingerprint density at radius 1 is 1.03 bits per heavy atom. The third-order valence-electron chi connectivity index (χ3n) is 5.89. The number of rotatable bonds is 4. The van der Waals surface area contributed by atoms with Gasteiger partial charge in [0.25, 0.3) is 0 Å². The molecule has 5 aromatic rings. The van der Waals surface area contributed by atoms with Crippen LogP contribution in [0.4, 0.5) is 0 Å². The van der Waals surface area contributed by atoms with Crippen molar-refractivity contribution >= 4 is 43.6 Å². The topological polar surface area (TPSA) is 48.3 Å². The average molecular weight is 451 g/mol. The van der Waals surface area contributed by atoms with E-state index in [2.05, 4.69) is 59.6 Å². The van der Waals surface area contributed by atoms with Gasteiger partial charge in [0.2, 0.25) is 0 Å². The van der Waals surface area contributed by atoms with E-state index in [1.54, 1.807) is 0 Å². The third-order valence-corrected chi connectivity index (χ3v) is 6.67. The maximum Gasteiger partial charge on any atom is 0.169 e. The van der Waals surface area contributed by atoms with E-state index in [1.807, 2.05) is 29.6 Å². The maximum absolute atomic E-state index is 6.24. The molecule has 0 atom stereocenters. The Bertz CT molecular complexity index is 1370. The molecule has 4 aromatic heterocycles. The zero-order valence-corrected chi connectivity index (χ0v) is 18.6. The second-order valence-corrected chi connectivity index (χ2v) is 8.36. The lowest BCUT2D eigenvalue weighted by Crippen LogP contribution is -2.09. The Morgan fingerprint density at radius 2 is 1.79 bits per heavy atom. The first-order valence-electron chi connectivity index (χ1n) is 10.1. The fraction of sp³-hybridized carbons (Fsp3) is 0.304. The van der Waals surface area contributed by atoms with Crippen molar-refractivity contribution in [2.75, 3.05) is 0 Å². The molecule has 0 N–H and O–H groups in total. The Morgan fingerprint density at radius 3 is 2.52 bits per heavy atom. The number of furan rings is 1. The van der Waals surface area contributed by atoms with E-state index < -0.39 is 0 Å². The molecule has 4 heterocycles. The predicted octanol–water partition coefficient (Wildman–Crippen LogP) is 6.84. The summed E-state index contributed by atoms with van der Waals surface area (Å²) in [6, 6.07) is 10.6. The molecule has 0 fully saturated rings. The molecule has 0 aliphatic heterocycles. The maximum atomic E-state index is 6.24. The summed E-state index contributed by atoms with van der Waals surface area (Å²) in [4.78, 5) is 4.94. The van der Waals surface area contributed by atoms with Crippen molar-refractivity contribution in [2.24, 2.45) is 0 Å². The minimum atomic E-state index is 0.434. The van der Waals surface area contributed by atoms with Crippen LogP contribution in [0.15, 0.2) is 45.4 Å². The molecule has 0 spiro atoms. The van der Waals surface area contributed by atoms with Gasteiger partial charge in [-0.1, -0.05) is 26.0 Å². The number of aromatic nitrogens is 4. The van der Waals surface area contributed by atoms with E-state index in [-0.39, 0.29) is 0 Å². The summed E-state index contributed by atoms with van der Waals surface area (Å²) in [5.74, 6) is 0.783. The third kappa shape index (κ3) is 2.58. The minimum absolute atomic E-state index is 0.434. The molecule has 0 saturated heterocycles. The number of hydrogen-bond acceptors (Lipinski definition) is 3. The predicted molar refractivity (Wildman–Crippen MR) is 120 cm³/mol. The van der Waals surface area contributed by atoms with Gasteiger partial charge in [0, 0.05) is 23.0 Å². The molecule has 0 aliphatic carbocycles. The van der Waals surface area contributed by atoms with Crippen LogP contribution < -0.4 is 0 Å². The summed E-state index contributed by atoms with van der Waals surface area (Å²) in [5, 5.41) is 7.10. The van der Waals surface area contributed by atoms with Gasteiger partial charge in [0.15, 0.2) is 11.4 Å². The van der Waals surface area contributed by atoms with E-state index >= 15 is 0 Å². The number of benzene rings is 1. The van der Waals surface area contributed by atoms with Crippen LogP contribution in [-0.4, -0.2) is 19.2 Å². The normalized spacial score (nSPS) is 12.2. The number of aryl methyl sites for hydroxylation is 2. The van der Waals surface area contributed by atoms with Crippen molar-refractivity contribution in [1.29, 1.82) is 0 Å². The highest BCUT2D eigenvalue weighted by molar-refractivity contribution is 9.10. The van der Waals surface area contributed by atoms with Crippen LogP contribution >= 0.6 is 15.9 Å². The lowest BCUT2D eigenvalue weighted by Gasteiger charge is -2.17. The Balaban J connectivity index is 1.87. The van der Waals surface area contributed by atoms with Crippen LogP contribution in [0.25, 0.3) is 39.0 Å². The molecular formula is C23H23BrN4O. The summed E-state index contributed by atoms with van der Waals surface area (Å²) in [6.45, 7) is 8.56. The Hall–Kier alpha value is -2.60. The highest BCUT2D eigenvalue weighted by Crippen LogP contribution is 2.41. The second-order valence-electron chi connectivity index (χ2n) is 7.56. The largest absolute Gasteiger partial charge is 0.455 e. The van der Waals surface area contributed by atoms with Crippen molar-refractivity contribution in [3.05, 3.63) is 52.4 Å². The van der Waals surface area contributed by atoms with Gasteiger partial charge in [-0.3, -0.25) is 0 Å². The second kappa shape index (κ2) is 6.73. The van der Waals surface area contributed by atoms with E-state index in [9.17, 15) is 0 Å². The fourth-order valence-electron chi connectivity index (χ4n) is 4.35. The van der Waals surface area contributed by atoms with Crippen LogP contribution in [0.1, 0.15) is 44.1 Å². The number of fused-ring (bicyclic) bond motifs is 4. The van der Waals surface area contributed by atoms with Crippen LogP contribution in [0.5, 0.6) is 0 Å². The van der Waals surface area contributed by atoms with Crippen molar-refractivity contribution < 1.29 is 4.42 Å². The quantitative estimate of drug-likeness (QED) is 0.301.